The molecule has 5 unspecified atom stereocenters. The molecule has 0 radical (unpaired) electrons. The second-order valence-electron chi connectivity index (χ2n) is 8.86. The van der Waals surface area contributed by atoms with E-state index in [9.17, 15) is 17.2 Å². The lowest BCUT2D eigenvalue weighted by Crippen LogP contribution is -2.49. The van der Waals surface area contributed by atoms with Crippen molar-refractivity contribution in [3.05, 3.63) is 35.4 Å². The van der Waals surface area contributed by atoms with Crippen molar-refractivity contribution in [1.82, 2.24) is 9.21 Å². The Morgan fingerprint density at radius 3 is 2.38 bits per heavy atom. The van der Waals surface area contributed by atoms with E-state index in [2.05, 4.69) is 4.90 Å². The minimum Gasteiger partial charge on any atom is -0.370 e. The summed E-state index contributed by atoms with van der Waals surface area (Å²) < 4.78 is 60.0. The molecule has 0 bridgehead atoms. The molecule has 5 atom stereocenters. The van der Waals surface area contributed by atoms with Gasteiger partial charge in [-0.15, -0.1) is 0 Å². The summed E-state index contributed by atoms with van der Waals surface area (Å²) in [5.41, 5.74) is 6.46. The Labute approximate surface area is 171 Å². The second kappa shape index (κ2) is 7.85. The van der Waals surface area contributed by atoms with Gasteiger partial charge in [-0.25, -0.2) is 21.5 Å². The fourth-order valence-electron chi connectivity index (χ4n) is 4.94. The third-order valence-corrected chi connectivity index (χ3v) is 8.83. The molecule has 0 aliphatic carbocycles. The first-order valence-electron chi connectivity index (χ1n) is 10.2. The molecule has 4 rings (SSSR count). The zero-order chi connectivity index (χ0) is 20.9. The lowest BCUT2D eigenvalue weighted by atomic mass is 9.93. The lowest BCUT2D eigenvalue weighted by Gasteiger charge is -2.39. The van der Waals surface area contributed by atoms with Crippen LogP contribution >= 0.6 is 0 Å². The number of fused-ring (bicyclic) bond motifs is 1. The topological polar surface area (TPSA) is 75.9 Å². The number of hydrogen-bond donors (Lipinski definition) is 1. The Hall–Kier alpha value is -1.13. The summed E-state index contributed by atoms with van der Waals surface area (Å²) in [6.45, 7) is 6.60. The average Bonchev–Trinajstić information content (AvgIpc) is 3.23. The maximum atomic E-state index is 14.1. The van der Waals surface area contributed by atoms with Crippen LogP contribution in [0.2, 0.25) is 0 Å². The van der Waals surface area contributed by atoms with Crippen LogP contribution in [0.1, 0.15) is 31.9 Å². The average molecular weight is 430 g/mol. The van der Waals surface area contributed by atoms with Crippen LogP contribution in [-0.2, 0) is 14.8 Å². The molecule has 1 aromatic rings. The molecule has 2 N–H and O–H groups in total. The number of sulfonamides is 1. The monoisotopic (exact) mass is 429 g/mol. The van der Waals surface area contributed by atoms with Gasteiger partial charge in [0, 0.05) is 43.8 Å². The van der Waals surface area contributed by atoms with Crippen LogP contribution < -0.4 is 5.73 Å². The predicted molar refractivity (Wildman–Crippen MR) is 106 cm³/mol. The molecule has 3 heterocycles. The predicted octanol–water partition coefficient (Wildman–Crippen LogP) is 1.72. The Morgan fingerprint density at radius 1 is 1.14 bits per heavy atom. The van der Waals surface area contributed by atoms with Crippen LogP contribution in [0.25, 0.3) is 0 Å². The van der Waals surface area contributed by atoms with Crippen molar-refractivity contribution in [3.8, 4) is 0 Å². The SMILES string of the molecule is CC(C)S(=O)(=O)N1CC2CN(C3COC(c4cc(F)ccc4F)C(N)C3)CC2C1. The molecule has 29 heavy (non-hydrogen) atoms. The largest absolute Gasteiger partial charge is 0.370 e. The van der Waals surface area contributed by atoms with E-state index in [1.165, 1.54) is 0 Å². The van der Waals surface area contributed by atoms with Crippen molar-refractivity contribution in [2.45, 2.75) is 43.7 Å². The van der Waals surface area contributed by atoms with Crippen LogP contribution in [-0.4, -0.2) is 67.7 Å². The molecule has 9 heteroatoms. The summed E-state index contributed by atoms with van der Waals surface area (Å²) in [6, 6.07) is 3.03. The van der Waals surface area contributed by atoms with Gasteiger partial charge in [0.1, 0.15) is 17.7 Å². The smallest absolute Gasteiger partial charge is 0.216 e. The van der Waals surface area contributed by atoms with Gasteiger partial charge in [-0.3, -0.25) is 4.90 Å². The van der Waals surface area contributed by atoms with Gasteiger partial charge in [0.15, 0.2) is 0 Å². The molecule has 3 saturated heterocycles. The van der Waals surface area contributed by atoms with Crippen LogP contribution in [0.3, 0.4) is 0 Å². The third-order valence-electron chi connectivity index (χ3n) is 6.62. The normalized spacial score (nSPS) is 34.1. The Bertz CT molecular complexity index is 853. The number of rotatable bonds is 4. The van der Waals surface area contributed by atoms with Gasteiger partial charge >= 0.3 is 0 Å². The first kappa shape index (κ1) is 21.1. The van der Waals surface area contributed by atoms with Crippen LogP contribution in [0.4, 0.5) is 8.78 Å². The maximum Gasteiger partial charge on any atom is 0.216 e. The molecule has 0 saturated carbocycles. The molecule has 162 valence electrons. The Balaban J connectivity index is 1.37. The first-order valence-corrected chi connectivity index (χ1v) is 11.7. The fraction of sp³-hybridized carbons (Fsp3) is 0.700. The van der Waals surface area contributed by atoms with Gasteiger partial charge < -0.3 is 10.5 Å². The molecule has 0 amide bonds. The van der Waals surface area contributed by atoms with E-state index in [1.807, 2.05) is 0 Å². The van der Waals surface area contributed by atoms with E-state index < -0.39 is 39.1 Å². The summed E-state index contributed by atoms with van der Waals surface area (Å²) in [7, 11) is -3.21. The molecular weight excluding hydrogens is 400 g/mol. The molecule has 6 nitrogen and oxygen atoms in total. The summed E-state index contributed by atoms with van der Waals surface area (Å²) in [5, 5.41) is -0.401. The Kier molecular flexibility index (Phi) is 5.71. The molecule has 1 aromatic carbocycles. The van der Waals surface area contributed by atoms with Gasteiger partial charge in [0.2, 0.25) is 10.0 Å². The highest BCUT2D eigenvalue weighted by atomic mass is 32.2. The van der Waals surface area contributed by atoms with Gasteiger partial charge in [0.05, 0.1) is 11.9 Å². The second-order valence-corrected chi connectivity index (χ2v) is 11.3. The number of halogens is 2. The van der Waals surface area contributed by atoms with E-state index in [0.29, 0.717) is 38.0 Å². The molecule has 3 aliphatic heterocycles. The van der Waals surface area contributed by atoms with Crippen molar-refractivity contribution in [2.75, 3.05) is 32.8 Å². The highest BCUT2D eigenvalue weighted by Crippen LogP contribution is 2.37. The van der Waals surface area contributed by atoms with Gasteiger partial charge in [-0.1, -0.05) is 0 Å². The zero-order valence-electron chi connectivity index (χ0n) is 16.8. The van der Waals surface area contributed by atoms with Gasteiger partial charge in [-0.2, -0.15) is 0 Å². The van der Waals surface area contributed by atoms with Gasteiger partial charge in [-0.05, 0) is 50.3 Å². The third kappa shape index (κ3) is 3.95. The number of hydrogen-bond acceptors (Lipinski definition) is 5. The number of nitrogens with zero attached hydrogens (tertiary/aromatic N) is 2. The van der Waals surface area contributed by atoms with E-state index in [0.717, 1.165) is 31.3 Å². The number of likely N-dealkylation sites (tertiary alicyclic amines) is 1. The van der Waals surface area contributed by atoms with Crippen molar-refractivity contribution in [1.29, 1.82) is 0 Å². The van der Waals surface area contributed by atoms with Crippen molar-refractivity contribution < 1.29 is 21.9 Å². The summed E-state index contributed by atoms with van der Waals surface area (Å²) in [6.07, 6.45) is -0.0237. The maximum absolute atomic E-state index is 14.1. The molecule has 0 spiro atoms. The van der Waals surface area contributed by atoms with E-state index in [-0.39, 0.29) is 11.6 Å². The van der Waals surface area contributed by atoms with E-state index in [1.54, 1.807) is 18.2 Å². The van der Waals surface area contributed by atoms with Crippen molar-refractivity contribution >= 4 is 10.0 Å². The molecule has 3 fully saturated rings. The van der Waals surface area contributed by atoms with Crippen LogP contribution in [0.5, 0.6) is 0 Å². The molecular formula is C20H29F2N3O3S. The van der Waals surface area contributed by atoms with E-state index in [4.69, 9.17) is 10.5 Å². The lowest BCUT2D eigenvalue weighted by molar-refractivity contribution is -0.0485. The van der Waals surface area contributed by atoms with Crippen molar-refractivity contribution in [2.24, 2.45) is 17.6 Å². The van der Waals surface area contributed by atoms with Crippen LogP contribution in [0, 0.1) is 23.5 Å². The standard InChI is InChI=1S/C20H29F2N3O3S/c1-12(2)29(26,27)25-9-13-7-24(8-14(13)10-25)16-6-19(23)20(28-11-16)17-5-15(21)3-4-18(17)22/h3-5,12-14,16,19-20H,6-11,23H2,1-2H3. The highest BCUT2D eigenvalue weighted by Gasteiger charge is 2.47. The van der Waals surface area contributed by atoms with Crippen LogP contribution in [0.15, 0.2) is 18.2 Å². The quantitative estimate of drug-likeness (QED) is 0.789. The highest BCUT2D eigenvalue weighted by molar-refractivity contribution is 7.89. The summed E-state index contributed by atoms with van der Waals surface area (Å²) >= 11 is 0. The zero-order valence-corrected chi connectivity index (χ0v) is 17.6. The molecule has 3 aliphatic rings. The summed E-state index contributed by atoms with van der Waals surface area (Å²) in [5.74, 6) is -0.378. The number of ether oxygens (including phenoxy) is 1. The van der Waals surface area contributed by atoms with E-state index >= 15 is 0 Å². The Morgan fingerprint density at radius 2 is 1.79 bits per heavy atom. The minimum atomic E-state index is -3.21. The van der Waals surface area contributed by atoms with Gasteiger partial charge in [0.25, 0.3) is 0 Å². The van der Waals surface area contributed by atoms with Crippen molar-refractivity contribution in [3.63, 3.8) is 0 Å². The fourth-order valence-corrected chi connectivity index (χ4v) is 6.34. The first-order chi connectivity index (χ1) is 13.7. The number of nitrogens with two attached hydrogens (primary N) is 1. The molecule has 0 aromatic heterocycles. The minimum absolute atomic E-state index is 0.110. The summed E-state index contributed by atoms with van der Waals surface area (Å²) in [4.78, 5) is 2.33. The number of benzene rings is 1.